The number of anilines is 1. The number of halogens is 1. The number of nitrogens with one attached hydrogen (secondary N) is 1. The lowest BCUT2D eigenvalue weighted by molar-refractivity contribution is -0.117. The number of hydrogen-bond donors (Lipinski definition) is 1. The first-order chi connectivity index (χ1) is 14.5. The minimum atomic E-state index is -0.163. The average Bonchev–Trinajstić information content (AvgIpc) is 3.37. The Morgan fingerprint density at radius 2 is 1.97 bits per heavy atom. The Bertz CT molecular complexity index is 1050. The maximum atomic E-state index is 12.8. The third kappa shape index (κ3) is 4.52. The third-order valence-electron chi connectivity index (χ3n) is 4.85. The minimum absolute atomic E-state index is 0.0875. The zero-order valence-electron chi connectivity index (χ0n) is 16.4. The quantitative estimate of drug-likeness (QED) is 0.669. The van der Waals surface area contributed by atoms with E-state index < -0.39 is 0 Å². The van der Waals surface area contributed by atoms with Gasteiger partial charge in [-0.3, -0.25) is 14.5 Å². The molecule has 3 heterocycles. The maximum Gasteiger partial charge on any atom is 0.257 e. The first-order valence-corrected chi connectivity index (χ1v) is 9.92. The Balaban J connectivity index is 1.30. The van der Waals surface area contributed by atoms with Crippen LogP contribution in [0.2, 0.25) is 5.02 Å². The number of piperazine rings is 1. The monoisotopic (exact) mass is 428 g/mol. The fourth-order valence-electron chi connectivity index (χ4n) is 3.30. The van der Waals surface area contributed by atoms with Gasteiger partial charge in [0.15, 0.2) is 5.82 Å². The Labute approximate surface area is 178 Å². The molecule has 0 aliphatic carbocycles. The second kappa shape index (κ2) is 8.68. The van der Waals surface area contributed by atoms with Crippen molar-refractivity contribution in [2.75, 3.05) is 38.0 Å². The molecule has 1 fully saturated rings. The van der Waals surface area contributed by atoms with Crippen LogP contribution < -0.4 is 5.32 Å². The van der Waals surface area contributed by atoms with Crippen molar-refractivity contribution in [2.24, 2.45) is 0 Å². The van der Waals surface area contributed by atoms with Crippen molar-refractivity contribution in [1.29, 1.82) is 0 Å². The van der Waals surface area contributed by atoms with E-state index in [9.17, 15) is 9.59 Å². The summed E-state index contributed by atoms with van der Waals surface area (Å²) in [6, 6.07) is 8.99. The summed E-state index contributed by atoms with van der Waals surface area (Å²) in [7, 11) is 0. The molecule has 0 unspecified atom stereocenters. The van der Waals surface area contributed by atoms with Gasteiger partial charge in [0.05, 0.1) is 29.0 Å². The highest BCUT2D eigenvalue weighted by molar-refractivity contribution is 6.32. The molecule has 0 radical (unpaired) electrons. The van der Waals surface area contributed by atoms with Crippen LogP contribution in [-0.2, 0) is 4.79 Å². The number of amides is 2. The van der Waals surface area contributed by atoms with Crippen LogP contribution in [0, 0.1) is 6.92 Å². The molecule has 9 nitrogen and oxygen atoms in total. The van der Waals surface area contributed by atoms with Crippen LogP contribution in [0.4, 0.5) is 5.82 Å². The Morgan fingerprint density at radius 3 is 2.67 bits per heavy atom. The van der Waals surface area contributed by atoms with Crippen molar-refractivity contribution in [2.45, 2.75) is 6.92 Å². The second-order valence-corrected chi connectivity index (χ2v) is 7.47. The molecule has 0 atom stereocenters. The van der Waals surface area contributed by atoms with Gasteiger partial charge in [-0.1, -0.05) is 28.9 Å². The van der Waals surface area contributed by atoms with Crippen LogP contribution >= 0.6 is 11.6 Å². The number of nitrogens with zero attached hydrogens (tertiary/aromatic N) is 5. The van der Waals surface area contributed by atoms with E-state index >= 15 is 0 Å². The van der Waals surface area contributed by atoms with Crippen molar-refractivity contribution in [3.05, 3.63) is 59.1 Å². The number of carbonyl (C=O) groups excluding carboxylic acids is 2. The Hall–Kier alpha value is -3.17. The summed E-state index contributed by atoms with van der Waals surface area (Å²) in [5.74, 6) is 0.789. The maximum absolute atomic E-state index is 12.8. The number of benzene rings is 1. The molecule has 30 heavy (non-hydrogen) atoms. The number of para-hydroxylation sites is 1. The summed E-state index contributed by atoms with van der Waals surface area (Å²) < 4.78 is 6.54. The fraction of sp³-hybridized carbons (Fsp3) is 0.300. The Kier molecular flexibility index (Phi) is 5.82. The number of aromatic nitrogens is 3. The van der Waals surface area contributed by atoms with E-state index in [1.54, 1.807) is 41.0 Å². The fourth-order valence-corrected chi connectivity index (χ4v) is 3.53. The summed E-state index contributed by atoms with van der Waals surface area (Å²) in [6.07, 6.45) is 3.23. The highest BCUT2D eigenvalue weighted by atomic mass is 35.5. The van der Waals surface area contributed by atoms with Crippen LogP contribution in [0.15, 0.2) is 47.2 Å². The molecule has 156 valence electrons. The summed E-state index contributed by atoms with van der Waals surface area (Å²) in [6.45, 7) is 4.28. The van der Waals surface area contributed by atoms with E-state index in [0.29, 0.717) is 48.3 Å². The largest absolute Gasteiger partial charge is 0.360 e. The van der Waals surface area contributed by atoms with Crippen molar-refractivity contribution < 1.29 is 14.1 Å². The molecule has 1 saturated heterocycles. The summed E-state index contributed by atoms with van der Waals surface area (Å²) in [4.78, 5) is 28.7. The van der Waals surface area contributed by atoms with Gasteiger partial charge in [0.25, 0.3) is 5.91 Å². The second-order valence-electron chi connectivity index (χ2n) is 7.06. The molecular weight excluding hydrogens is 408 g/mol. The molecule has 0 spiro atoms. The number of carbonyl (C=O) groups is 2. The van der Waals surface area contributed by atoms with E-state index in [0.717, 1.165) is 5.69 Å². The minimum Gasteiger partial charge on any atom is -0.360 e. The standard InChI is InChI=1S/C20H21ClN6O3/c1-14-10-18(24-30-14)23-19(28)13-25-6-8-26(9-7-25)20(29)15-11-22-27(12-15)17-5-3-2-4-16(17)21/h2-5,10-12H,6-9,13H2,1H3,(H,23,24,28). The predicted molar refractivity (Wildman–Crippen MR) is 111 cm³/mol. The normalized spacial score (nSPS) is 14.7. The van der Waals surface area contributed by atoms with E-state index in [4.69, 9.17) is 16.1 Å². The van der Waals surface area contributed by atoms with Crippen LogP contribution in [0.3, 0.4) is 0 Å². The number of aryl methyl sites for hydroxylation is 1. The molecule has 2 aromatic heterocycles. The molecule has 0 saturated carbocycles. The van der Waals surface area contributed by atoms with Crippen LogP contribution in [0.1, 0.15) is 16.1 Å². The molecule has 1 aliphatic heterocycles. The van der Waals surface area contributed by atoms with Crippen LogP contribution in [-0.4, -0.2) is 69.3 Å². The van der Waals surface area contributed by atoms with Gasteiger partial charge in [0.2, 0.25) is 5.91 Å². The SMILES string of the molecule is Cc1cc(NC(=O)CN2CCN(C(=O)c3cnn(-c4ccccc4Cl)c3)CC2)no1. The lowest BCUT2D eigenvalue weighted by Gasteiger charge is -2.34. The van der Waals surface area contributed by atoms with Gasteiger partial charge >= 0.3 is 0 Å². The lowest BCUT2D eigenvalue weighted by atomic mass is 10.2. The van der Waals surface area contributed by atoms with E-state index in [-0.39, 0.29) is 18.4 Å². The molecule has 2 amide bonds. The summed E-state index contributed by atoms with van der Waals surface area (Å²) in [5.41, 5.74) is 1.22. The van der Waals surface area contributed by atoms with E-state index in [1.807, 2.05) is 23.1 Å². The molecule has 1 N–H and O–H groups in total. The van der Waals surface area contributed by atoms with Gasteiger partial charge in [-0.15, -0.1) is 0 Å². The topological polar surface area (TPSA) is 96.5 Å². The van der Waals surface area contributed by atoms with Crippen molar-refractivity contribution in [3.8, 4) is 5.69 Å². The average molecular weight is 429 g/mol. The van der Waals surface area contributed by atoms with Crippen molar-refractivity contribution in [1.82, 2.24) is 24.7 Å². The number of hydrogen-bond acceptors (Lipinski definition) is 6. The summed E-state index contributed by atoms with van der Waals surface area (Å²) in [5, 5.41) is 11.3. The first kappa shape index (κ1) is 20.1. The zero-order chi connectivity index (χ0) is 21.1. The van der Waals surface area contributed by atoms with Gasteiger partial charge in [0, 0.05) is 38.4 Å². The van der Waals surface area contributed by atoms with Gasteiger partial charge in [0.1, 0.15) is 5.76 Å². The Morgan fingerprint density at radius 1 is 1.20 bits per heavy atom. The first-order valence-electron chi connectivity index (χ1n) is 9.54. The molecule has 0 bridgehead atoms. The van der Waals surface area contributed by atoms with E-state index in [1.165, 1.54) is 0 Å². The molecule has 4 rings (SSSR count). The molecule has 3 aromatic rings. The van der Waals surface area contributed by atoms with Gasteiger partial charge in [-0.05, 0) is 19.1 Å². The highest BCUT2D eigenvalue weighted by Crippen LogP contribution is 2.20. The van der Waals surface area contributed by atoms with Crippen molar-refractivity contribution >= 4 is 29.2 Å². The molecular formula is C20H21ClN6O3. The molecule has 1 aromatic carbocycles. The van der Waals surface area contributed by atoms with E-state index in [2.05, 4.69) is 15.6 Å². The predicted octanol–water partition coefficient (Wildman–Crippen LogP) is 2.22. The van der Waals surface area contributed by atoms with Gasteiger partial charge < -0.3 is 14.7 Å². The highest BCUT2D eigenvalue weighted by Gasteiger charge is 2.24. The zero-order valence-corrected chi connectivity index (χ0v) is 17.2. The van der Waals surface area contributed by atoms with Crippen LogP contribution in [0.25, 0.3) is 5.69 Å². The smallest absolute Gasteiger partial charge is 0.257 e. The van der Waals surface area contributed by atoms with Crippen LogP contribution in [0.5, 0.6) is 0 Å². The third-order valence-corrected chi connectivity index (χ3v) is 5.17. The summed E-state index contributed by atoms with van der Waals surface area (Å²) >= 11 is 6.20. The van der Waals surface area contributed by atoms with Crippen molar-refractivity contribution in [3.63, 3.8) is 0 Å². The van der Waals surface area contributed by atoms with Gasteiger partial charge in [-0.2, -0.15) is 5.10 Å². The molecule has 10 heteroatoms. The molecule has 1 aliphatic rings. The number of rotatable bonds is 5. The lowest BCUT2D eigenvalue weighted by Crippen LogP contribution is -2.50. The van der Waals surface area contributed by atoms with Gasteiger partial charge in [-0.25, -0.2) is 4.68 Å².